The highest BCUT2D eigenvalue weighted by Gasteiger charge is 2.42. The molecular formula is C25H37NO4. The summed E-state index contributed by atoms with van der Waals surface area (Å²) in [4.78, 5) is 4.43. The maximum absolute atomic E-state index is 5.98. The zero-order valence-electron chi connectivity index (χ0n) is 19.4. The molecule has 3 rings (SSSR count). The highest BCUT2D eigenvalue weighted by Crippen LogP contribution is 2.39. The Balaban J connectivity index is 1.39. The normalized spacial score (nSPS) is 23.3. The van der Waals surface area contributed by atoms with E-state index < -0.39 is 0 Å². The Labute approximate surface area is 181 Å². The zero-order chi connectivity index (χ0) is 21.8. The lowest BCUT2D eigenvalue weighted by Crippen LogP contribution is -2.43. The molecule has 2 fully saturated rings. The minimum absolute atomic E-state index is 0.0975. The molecule has 0 aliphatic heterocycles. The van der Waals surface area contributed by atoms with E-state index in [-0.39, 0.29) is 23.4 Å². The Hall–Kier alpha value is -1.61. The number of nitrogens with zero attached hydrogens (tertiary/aromatic N) is 1. The average molecular weight is 416 g/mol. The molecule has 2 aliphatic carbocycles. The first kappa shape index (κ1) is 23.1. The van der Waals surface area contributed by atoms with E-state index in [1.807, 2.05) is 12.1 Å². The molecule has 0 saturated heterocycles. The first-order valence-electron chi connectivity index (χ1n) is 11.2. The van der Waals surface area contributed by atoms with Crippen molar-refractivity contribution in [1.82, 2.24) is 4.98 Å². The molecule has 0 radical (unpaired) electrons. The van der Waals surface area contributed by atoms with Gasteiger partial charge in [-0.05, 0) is 64.5 Å². The minimum Gasteiger partial charge on any atom is -0.489 e. The van der Waals surface area contributed by atoms with Crippen LogP contribution in [0.25, 0.3) is 0 Å². The standard InChI is InChI=1S/C25H37NO4/c1-18(2)19(3)27-13-14-28-25(11-12-25)10-9-20-7-8-21(17-26-20)29-22-15-23(16-22)30-24(4,5)6/h7-8,17-19,22-23H,11-16H2,1-6H3/t19-,22?,23?/m1/s1. The first-order chi connectivity index (χ1) is 14.1. The zero-order valence-corrected chi connectivity index (χ0v) is 19.4. The molecule has 30 heavy (non-hydrogen) atoms. The molecule has 1 aromatic rings. The van der Waals surface area contributed by atoms with Crippen LogP contribution < -0.4 is 4.74 Å². The Morgan fingerprint density at radius 1 is 1.10 bits per heavy atom. The monoisotopic (exact) mass is 415 g/mol. The summed E-state index contributed by atoms with van der Waals surface area (Å²) in [5.74, 6) is 7.71. The fourth-order valence-electron chi connectivity index (χ4n) is 3.19. The Morgan fingerprint density at radius 3 is 2.40 bits per heavy atom. The summed E-state index contributed by atoms with van der Waals surface area (Å²) in [5, 5.41) is 0. The largest absolute Gasteiger partial charge is 0.489 e. The Kier molecular flexibility index (Phi) is 7.44. The van der Waals surface area contributed by atoms with Gasteiger partial charge in [-0.1, -0.05) is 19.8 Å². The molecule has 0 N–H and O–H groups in total. The second-order valence-corrected chi connectivity index (χ2v) is 9.86. The molecular weight excluding hydrogens is 378 g/mol. The van der Waals surface area contributed by atoms with Crippen molar-refractivity contribution < 1.29 is 18.9 Å². The van der Waals surface area contributed by atoms with Crippen molar-refractivity contribution in [1.29, 1.82) is 0 Å². The number of aromatic nitrogens is 1. The lowest BCUT2D eigenvalue weighted by atomic mass is 9.91. The molecule has 0 amide bonds. The van der Waals surface area contributed by atoms with Crippen LogP contribution in [-0.4, -0.2) is 47.7 Å². The van der Waals surface area contributed by atoms with Crippen molar-refractivity contribution in [2.75, 3.05) is 13.2 Å². The topological polar surface area (TPSA) is 49.8 Å². The first-order valence-corrected chi connectivity index (χ1v) is 11.2. The molecule has 0 bridgehead atoms. The fourth-order valence-corrected chi connectivity index (χ4v) is 3.19. The average Bonchev–Trinajstić information content (AvgIpc) is 3.42. The highest BCUT2D eigenvalue weighted by atomic mass is 16.5. The fraction of sp³-hybridized carbons (Fsp3) is 0.720. The predicted molar refractivity (Wildman–Crippen MR) is 118 cm³/mol. The molecule has 1 atom stereocenters. The van der Waals surface area contributed by atoms with Crippen LogP contribution >= 0.6 is 0 Å². The van der Waals surface area contributed by atoms with Gasteiger partial charge in [-0.3, -0.25) is 0 Å². The van der Waals surface area contributed by atoms with Crippen LogP contribution in [0, 0.1) is 17.8 Å². The van der Waals surface area contributed by atoms with Crippen molar-refractivity contribution in [2.45, 2.75) is 96.7 Å². The number of rotatable bonds is 9. The molecule has 0 spiro atoms. The Bertz CT molecular complexity index is 731. The van der Waals surface area contributed by atoms with E-state index >= 15 is 0 Å². The molecule has 0 unspecified atom stereocenters. The van der Waals surface area contributed by atoms with Crippen LogP contribution in [0.15, 0.2) is 18.3 Å². The van der Waals surface area contributed by atoms with Crippen molar-refractivity contribution in [2.24, 2.45) is 5.92 Å². The summed E-state index contributed by atoms with van der Waals surface area (Å²) in [6.07, 6.45) is 6.30. The van der Waals surface area contributed by atoms with E-state index in [1.165, 1.54) is 0 Å². The number of pyridine rings is 1. The van der Waals surface area contributed by atoms with Gasteiger partial charge < -0.3 is 18.9 Å². The van der Waals surface area contributed by atoms with Crippen LogP contribution in [0.4, 0.5) is 0 Å². The molecule has 1 heterocycles. The lowest BCUT2D eigenvalue weighted by Gasteiger charge is -2.39. The highest BCUT2D eigenvalue weighted by molar-refractivity contribution is 5.35. The summed E-state index contributed by atoms with van der Waals surface area (Å²) in [6.45, 7) is 13.9. The van der Waals surface area contributed by atoms with Crippen molar-refractivity contribution >= 4 is 0 Å². The smallest absolute Gasteiger partial charge is 0.138 e. The van der Waals surface area contributed by atoms with Crippen LogP contribution in [-0.2, 0) is 14.2 Å². The van der Waals surface area contributed by atoms with Crippen molar-refractivity contribution in [3.8, 4) is 17.6 Å². The van der Waals surface area contributed by atoms with Crippen LogP contribution in [0.3, 0.4) is 0 Å². The van der Waals surface area contributed by atoms with Crippen LogP contribution in [0.5, 0.6) is 5.75 Å². The summed E-state index contributed by atoms with van der Waals surface area (Å²) >= 11 is 0. The predicted octanol–water partition coefficient (Wildman–Crippen LogP) is 4.77. The molecule has 2 aliphatic rings. The molecule has 5 heteroatoms. The molecule has 1 aromatic heterocycles. The van der Waals surface area contributed by atoms with Gasteiger partial charge in [0.2, 0.25) is 0 Å². The second-order valence-electron chi connectivity index (χ2n) is 9.86. The van der Waals surface area contributed by atoms with Gasteiger partial charge >= 0.3 is 0 Å². The second kappa shape index (κ2) is 9.68. The SMILES string of the molecule is CC(C)[C@@H](C)OCCOC1(C#Cc2ccc(OC3CC(OC(C)(C)C)C3)cn2)CC1. The van der Waals surface area contributed by atoms with Crippen molar-refractivity contribution in [3.63, 3.8) is 0 Å². The third kappa shape index (κ3) is 7.27. The van der Waals surface area contributed by atoms with E-state index in [4.69, 9.17) is 18.9 Å². The maximum Gasteiger partial charge on any atom is 0.138 e. The molecule has 2 saturated carbocycles. The molecule has 5 nitrogen and oxygen atoms in total. The van der Waals surface area contributed by atoms with E-state index in [1.54, 1.807) is 6.20 Å². The number of hydrogen-bond acceptors (Lipinski definition) is 5. The van der Waals surface area contributed by atoms with Gasteiger partial charge in [0.15, 0.2) is 0 Å². The van der Waals surface area contributed by atoms with Crippen LogP contribution in [0.2, 0.25) is 0 Å². The van der Waals surface area contributed by atoms with E-state index in [2.05, 4.69) is 58.4 Å². The minimum atomic E-state index is -0.310. The van der Waals surface area contributed by atoms with Crippen LogP contribution in [0.1, 0.15) is 72.9 Å². The van der Waals surface area contributed by atoms with Gasteiger partial charge in [0.05, 0.1) is 37.2 Å². The summed E-state index contributed by atoms with van der Waals surface area (Å²) in [7, 11) is 0. The maximum atomic E-state index is 5.98. The Morgan fingerprint density at radius 2 is 1.83 bits per heavy atom. The van der Waals surface area contributed by atoms with Gasteiger partial charge in [0.1, 0.15) is 23.1 Å². The van der Waals surface area contributed by atoms with Crippen molar-refractivity contribution in [3.05, 3.63) is 24.0 Å². The summed E-state index contributed by atoms with van der Waals surface area (Å²) in [5.41, 5.74) is 0.332. The van der Waals surface area contributed by atoms with E-state index in [0.717, 1.165) is 37.1 Å². The number of ether oxygens (including phenoxy) is 4. The van der Waals surface area contributed by atoms with Gasteiger partial charge in [-0.25, -0.2) is 4.98 Å². The number of hydrogen-bond donors (Lipinski definition) is 0. The van der Waals surface area contributed by atoms with E-state index in [0.29, 0.717) is 25.2 Å². The third-order valence-corrected chi connectivity index (χ3v) is 5.51. The summed E-state index contributed by atoms with van der Waals surface area (Å²) < 4.78 is 23.7. The third-order valence-electron chi connectivity index (χ3n) is 5.51. The van der Waals surface area contributed by atoms with Gasteiger partial charge in [-0.2, -0.15) is 0 Å². The van der Waals surface area contributed by atoms with Gasteiger partial charge in [-0.15, -0.1) is 0 Å². The quantitative estimate of drug-likeness (QED) is 0.430. The van der Waals surface area contributed by atoms with E-state index in [9.17, 15) is 0 Å². The molecule has 166 valence electrons. The van der Waals surface area contributed by atoms with Gasteiger partial charge in [0.25, 0.3) is 0 Å². The summed E-state index contributed by atoms with van der Waals surface area (Å²) in [6, 6.07) is 3.85. The molecule has 0 aromatic carbocycles. The van der Waals surface area contributed by atoms with Gasteiger partial charge in [0, 0.05) is 12.8 Å². The lowest BCUT2D eigenvalue weighted by molar-refractivity contribution is -0.126.